The van der Waals surface area contributed by atoms with Crippen molar-refractivity contribution in [3.63, 3.8) is 0 Å². The summed E-state index contributed by atoms with van der Waals surface area (Å²) in [4.78, 5) is 28.6. The molecule has 0 saturated carbocycles. The molecule has 0 saturated heterocycles. The van der Waals surface area contributed by atoms with Gasteiger partial charge >= 0.3 is 5.97 Å². The fourth-order valence-electron chi connectivity index (χ4n) is 2.62. The van der Waals surface area contributed by atoms with Crippen molar-refractivity contribution in [1.29, 1.82) is 0 Å². The lowest BCUT2D eigenvalue weighted by Gasteiger charge is -2.23. The number of rotatable bonds is 2. The fourth-order valence-corrected chi connectivity index (χ4v) is 3.51. The van der Waals surface area contributed by atoms with Crippen LogP contribution in [0.3, 0.4) is 0 Å². The summed E-state index contributed by atoms with van der Waals surface area (Å²) in [6.07, 6.45) is -0.594. The summed E-state index contributed by atoms with van der Waals surface area (Å²) in [7, 11) is 0. The lowest BCUT2D eigenvalue weighted by molar-refractivity contribution is -0.125. The highest BCUT2D eigenvalue weighted by molar-refractivity contribution is 7.22. The minimum absolute atomic E-state index is 0.313. The van der Waals surface area contributed by atoms with Gasteiger partial charge in [0.2, 0.25) is 0 Å². The molecule has 0 aliphatic carbocycles. The Morgan fingerprint density at radius 3 is 3.00 bits per heavy atom. The lowest BCUT2D eigenvalue weighted by Crippen LogP contribution is -2.37. The van der Waals surface area contributed by atoms with Crippen molar-refractivity contribution in [1.82, 2.24) is 4.98 Å². The molecule has 1 atom stereocenters. The monoisotopic (exact) mass is 342 g/mol. The number of anilines is 1. The van der Waals surface area contributed by atoms with E-state index in [0.717, 1.165) is 5.56 Å². The van der Waals surface area contributed by atoms with Crippen LogP contribution in [-0.2, 0) is 16.0 Å². The number of thiazole rings is 1. The SMILES string of the molecule is O=C1O[C@@H](C(=O)Nc2nc3ccc(F)cc3s2)Cc2ccccc21. The van der Waals surface area contributed by atoms with Crippen molar-refractivity contribution in [2.45, 2.75) is 12.5 Å². The number of aromatic nitrogens is 1. The van der Waals surface area contributed by atoms with E-state index in [-0.39, 0.29) is 5.82 Å². The number of hydrogen-bond donors (Lipinski definition) is 1. The van der Waals surface area contributed by atoms with Crippen LogP contribution in [0, 0.1) is 5.82 Å². The normalized spacial score (nSPS) is 16.5. The summed E-state index contributed by atoms with van der Waals surface area (Å²) >= 11 is 1.17. The third-order valence-electron chi connectivity index (χ3n) is 3.76. The first-order chi connectivity index (χ1) is 11.6. The van der Waals surface area contributed by atoms with Crippen molar-refractivity contribution in [3.8, 4) is 0 Å². The molecule has 1 amide bonds. The second kappa shape index (κ2) is 5.68. The predicted molar refractivity (Wildman–Crippen MR) is 87.6 cm³/mol. The van der Waals surface area contributed by atoms with Crippen LogP contribution < -0.4 is 5.32 Å². The highest BCUT2D eigenvalue weighted by Crippen LogP contribution is 2.27. The van der Waals surface area contributed by atoms with E-state index in [0.29, 0.717) is 27.3 Å². The zero-order valence-electron chi connectivity index (χ0n) is 12.3. The number of halogens is 1. The first kappa shape index (κ1) is 14.8. The van der Waals surface area contributed by atoms with Gasteiger partial charge in [-0.05, 0) is 29.8 Å². The van der Waals surface area contributed by atoms with Gasteiger partial charge in [-0.2, -0.15) is 0 Å². The van der Waals surface area contributed by atoms with Gasteiger partial charge in [0.25, 0.3) is 5.91 Å². The van der Waals surface area contributed by atoms with E-state index in [4.69, 9.17) is 4.74 Å². The van der Waals surface area contributed by atoms with Crippen LogP contribution >= 0.6 is 11.3 Å². The van der Waals surface area contributed by atoms with Gasteiger partial charge < -0.3 is 4.74 Å². The Balaban J connectivity index is 1.55. The van der Waals surface area contributed by atoms with E-state index >= 15 is 0 Å². The van der Waals surface area contributed by atoms with Crippen molar-refractivity contribution >= 4 is 38.6 Å². The predicted octanol–water partition coefficient (Wildman–Crippen LogP) is 3.16. The molecule has 2 heterocycles. The third kappa shape index (κ3) is 2.63. The summed E-state index contributed by atoms with van der Waals surface area (Å²) < 4.78 is 19.1. The lowest BCUT2D eigenvalue weighted by atomic mass is 9.98. The molecule has 0 radical (unpaired) electrons. The maximum Gasteiger partial charge on any atom is 0.339 e. The van der Waals surface area contributed by atoms with E-state index in [9.17, 15) is 14.0 Å². The van der Waals surface area contributed by atoms with Crippen LogP contribution in [0.2, 0.25) is 0 Å². The Labute approximate surface area is 140 Å². The Morgan fingerprint density at radius 1 is 1.29 bits per heavy atom. The van der Waals surface area contributed by atoms with Gasteiger partial charge in [-0.15, -0.1) is 0 Å². The summed E-state index contributed by atoms with van der Waals surface area (Å²) in [6, 6.07) is 11.3. The number of benzene rings is 2. The zero-order valence-corrected chi connectivity index (χ0v) is 13.1. The Kier molecular flexibility index (Phi) is 3.50. The maximum atomic E-state index is 13.2. The number of nitrogens with zero attached hydrogens (tertiary/aromatic N) is 1. The number of cyclic esters (lactones) is 1. The van der Waals surface area contributed by atoms with Gasteiger partial charge in [0.15, 0.2) is 11.2 Å². The highest BCUT2D eigenvalue weighted by atomic mass is 32.1. The number of esters is 1. The molecule has 7 heteroatoms. The highest BCUT2D eigenvalue weighted by Gasteiger charge is 2.31. The summed E-state index contributed by atoms with van der Waals surface area (Å²) in [5.74, 6) is -1.32. The molecule has 0 spiro atoms. The van der Waals surface area contributed by atoms with E-state index in [1.54, 1.807) is 24.3 Å². The number of hydrogen-bond acceptors (Lipinski definition) is 5. The summed E-state index contributed by atoms with van der Waals surface area (Å²) in [5, 5.41) is 2.98. The largest absolute Gasteiger partial charge is 0.448 e. The zero-order chi connectivity index (χ0) is 16.7. The molecular weight excluding hydrogens is 331 g/mol. The molecule has 4 rings (SSSR count). The maximum absolute atomic E-state index is 13.2. The molecule has 0 unspecified atom stereocenters. The topological polar surface area (TPSA) is 68.3 Å². The van der Waals surface area contributed by atoms with Crippen molar-refractivity contribution in [2.75, 3.05) is 5.32 Å². The molecule has 24 heavy (non-hydrogen) atoms. The Bertz CT molecular complexity index is 969. The first-order valence-corrected chi connectivity index (χ1v) is 8.07. The number of nitrogens with one attached hydrogen (secondary N) is 1. The third-order valence-corrected chi connectivity index (χ3v) is 4.70. The molecule has 1 aromatic heterocycles. The quantitative estimate of drug-likeness (QED) is 0.727. The number of ether oxygens (including phenoxy) is 1. The van der Waals surface area contributed by atoms with Crippen molar-refractivity contribution < 1.29 is 18.7 Å². The smallest absolute Gasteiger partial charge is 0.339 e. The van der Waals surface area contributed by atoms with Crippen LogP contribution in [0.5, 0.6) is 0 Å². The molecule has 5 nitrogen and oxygen atoms in total. The number of amides is 1. The van der Waals surface area contributed by atoms with Gasteiger partial charge in [-0.1, -0.05) is 29.5 Å². The number of fused-ring (bicyclic) bond motifs is 2. The molecule has 0 fully saturated rings. The first-order valence-electron chi connectivity index (χ1n) is 7.26. The molecule has 120 valence electrons. The molecule has 2 aromatic carbocycles. The van der Waals surface area contributed by atoms with Crippen molar-refractivity contribution in [3.05, 3.63) is 59.4 Å². The average molecular weight is 342 g/mol. The molecule has 0 bridgehead atoms. The van der Waals surface area contributed by atoms with Gasteiger partial charge in [0.05, 0.1) is 15.8 Å². The second-order valence-electron chi connectivity index (χ2n) is 5.38. The molecular formula is C17H11FN2O3S. The van der Waals surface area contributed by atoms with Crippen LogP contribution in [0.4, 0.5) is 9.52 Å². The second-order valence-corrected chi connectivity index (χ2v) is 6.41. The van der Waals surface area contributed by atoms with E-state index < -0.39 is 18.0 Å². The summed E-state index contributed by atoms with van der Waals surface area (Å²) in [5.41, 5.74) is 1.86. The van der Waals surface area contributed by atoms with Crippen LogP contribution in [0.25, 0.3) is 10.2 Å². The van der Waals surface area contributed by atoms with Gasteiger partial charge in [0.1, 0.15) is 5.82 Å². The molecule has 1 aliphatic rings. The van der Waals surface area contributed by atoms with E-state index in [1.165, 1.54) is 23.5 Å². The fraction of sp³-hybridized carbons (Fsp3) is 0.118. The standard InChI is InChI=1S/C17H11FN2O3S/c18-10-5-6-12-14(8-10)24-17(19-12)20-15(21)13-7-9-3-1-2-4-11(9)16(22)23-13/h1-6,8,13H,7H2,(H,19,20,21)/t13-/m1/s1. The minimum atomic E-state index is -0.906. The van der Waals surface area contributed by atoms with E-state index in [2.05, 4.69) is 10.3 Å². The van der Waals surface area contributed by atoms with Gasteiger partial charge in [0, 0.05) is 6.42 Å². The Morgan fingerprint density at radius 2 is 2.12 bits per heavy atom. The molecule has 3 aromatic rings. The van der Waals surface area contributed by atoms with Crippen LogP contribution in [0.15, 0.2) is 42.5 Å². The Hall–Kier alpha value is -2.80. The average Bonchev–Trinajstić information content (AvgIpc) is 2.96. The number of carbonyl (C=O) groups excluding carboxylic acids is 2. The van der Waals surface area contributed by atoms with Gasteiger partial charge in [-0.25, -0.2) is 14.2 Å². The summed E-state index contributed by atoms with van der Waals surface area (Å²) in [6.45, 7) is 0. The van der Waals surface area contributed by atoms with Gasteiger partial charge in [-0.3, -0.25) is 10.1 Å². The molecule has 1 N–H and O–H groups in total. The van der Waals surface area contributed by atoms with Crippen LogP contribution in [-0.4, -0.2) is 23.0 Å². The van der Waals surface area contributed by atoms with Crippen molar-refractivity contribution in [2.24, 2.45) is 0 Å². The minimum Gasteiger partial charge on any atom is -0.448 e. The number of carbonyl (C=O) groups is 2. The van der Waals surface area contributed by atoms with Crippen LogP contribution in [0.1, 0.15) is 15.9 Å². The molecule has 1 aliphatic heterocycles. The van der Waals surface area contributed by atoms with E-state index in [1.807, 2.05) is 6.07 Å².